The van der Waals surface area contributed by atoms with Crippen LogP contribution in [0.4, 0.5) is 5.69 Å². The summed E-state index contributed by atoms with van der Waals surface area (Å²) in [7, 11) is -3.00. The highest BCUT2D eigenvalue weighted by molar-refractivity contribution is 7.89. The van der Waals surface area contributed by atoms with E-state index in [4.69, 9.17) is 21.1 Å². The smallest absolute Gasteiger partial charge is 0.355 e. The van der Waals surface area contributed by atoms with Gasteiger partial charge in [0, 0.05) is 31.0 Å². The molecule has 0 bridgehead atoms. The maximum Gasteiger partial charge on any atom is 0.355 e. The second kappa shape index (κ2) is 11.1. The molecule has 1 atom stereocenters. The molecule has 0 aliphatic rings. The number of benzene rings is 1. The van der Waals surface area contributed by atoms with Crippen LogP contribution in [0.3, 0.4) is 0 Å². The van der Waals surface area contributed by atoms with Crippen LogP contribution in [-0.2, 0) is 19.5 Å². The number of nitro benzene ring substituents is 1. The molecule has 0 amide bonds. The topological polar surface area (TPSA) is 149 Å². The number of rotatable bonds is 11. The summed E-state index contributed by atoms with van der Waals surface area (Å²) in [6.45, 7) is 6.11. The Balaban J connectivity index is 2.54. The van der Waals surface area contributed by atoms with Crippen LogP contribution >= 0.6 is 11.6 Å². The van der Waals surface area contributed by atoms with Crippen molar-refractivity contribution in [3.05, 3.63) is 55.9 Å². The minimum atomic E-state index is -4.37. The van der Waals surface area contributed by atoms with E-state index in [1.54, 1.807) is 20.8 Å². The van der Waals surface area contributed by atoms with E-state index in [-0.39, 0.29) is 36.0 Å². The van der Waals surface area contributed by atoms with E-state index in [1.807, 2.05) is 0 Å². The quantitative estimate of drug-likeness (QED) is 0.207. The van der Waals surface area contributed by atoms with Crippen LogP contribution in [0.2, 0.25) is 5.02 Å². The van der Waals surface area contributed by atoms with Gasteiger partial charge in [0.2, 0.25) is 10.0 Å². The number of carbonyl (C=O) groups excluding carboxylic acids is 2. The lowest BCUT2D eigenvalue weighted by atomic mass is 10.0. The lowest BCUT2D eigenvalue weighted by Crippen LogP contribution is -2.45. The van der Waals surface area contributed by atoms with Crippen molar-refractivity contribution in [2.45, 2.75) is 38.6 Å². The van der Waals surface area contributed by atoms with Crippen molar-refractivity contribution in [3.8, 4) is 0 Å². The second-order valence-electron chi connectivity index (χ2n) is 7.36. The first-order valence-electron chi connectivity index (χ1n) is 10.2. The molecule has 1 unspecified atom stereocenters. The fourth-order valence-electron chi connectivity index (χ4n) is 3.50. The normalized spacial score (nSPS) is 12.6. The van der Waals surface area contributed by atoms with Crippen LogP contribution in [0.5, 0.6) is 0 Å². The Morgan fingerprint density at radius 3 is 2.50 bits per heavy atom. The Morgan fingerprint density at radius 1 is 1.29 bits per heavy atom. The molecule has 1 aromatic carbocycles. The third-order valence-electron chi connectivity index (χ3n) is 5.21. The number of nitrogens with one attached hydrogen (secondary N) is 1. The molecule has 34 heavy (non-hydrogen) atoms. The molecule has 0 aliphatic carbocycles. The Kier molecular flexibility index (Phi) is 8.95. The molecule has 1 heterocycles. The maximum absolute atomic E-state index is 13.4. The number of aromatic nitrogens is 1. The molecule has 0 spiro atoms. The number of H-pyrrole nitrogens is 1. The lowest BCUT2D eigenvalue weighted by Gasteiger charge is -2.27. The standard InChI is InChI=1S/C21H26ClN3O8S/c1-6-33-21(27)19-12(2)18(13(3)23-19)20(26)14(4)24(9-10-32-5)34(30,31)15-7-8-16(22)17(11-15)25(28)29/h7-8,11,14,23H,6,9-10H2,1-5H3. The molecule has 13 heteroatoms. The van der Waals surface area contributed by atoms with Crippen molar-refractivity contribution in [3.63, 3.8) is 0 Å². The summed E-state index contributed by atoms with van der Waals surface area (Å²) in [6.07, 6.45) is 0. The van der Waals surface area contributed by atoms with E-state index in [9.17, 15) is 28.1 Å². The number of methoxy groups -OCH3 is 1. The van der Waals surface area contributed by atoms with Gasteiger partial charge in [0.1, 0.15) is 10.7 Å². The van der Waals surface area contributed by atoms with E-state index in [1.165, 1.54) is 14.0 Å². The Bertz CT molecular complexity index is 1210. The number of nitro groups is 1. The number of carbonyl (C=O) groups is 2. The highest BCUT2D eigenvalue weighted by Gasteiger charge is 2.36. The van der Waals surface area contributed by atoms with Crippen molar-refractivity contribution in [1.82, 2.24) is 9.29 Å². The van der Waals surface area contributed by atoms with Crippen LogP contribution in [0.1, 0.15) is 46.0 Å². The van der Waals surface area contributed by atoms with Crippen molar-refractivity contribution < 1.29 is 32.4 Å². The van der Waals surface area contributed by atoms with Gasteiger partial charge in [0.15, 0.2) is 5.78 Å². The first-order chi connectivity index (χ1) is 15.9. The monoisotopic (exact) mass is 515 g/mol. The van der Waals surface area contributed by atoms with Gasteiger partial charge in [-0.15, -0.1) is 0 Å². The number of aryl methyl sites for hydroxylation is 1. The fraction of sp³-hybridized carbons (Fsp3) is 0.429. The SMILES string of the molecule is CCOC(=O)c1[nH]c(C)c(C(=O)C(C)N(CCOC)S(=O)(=O)c2ccc(Cl)c([N+](=O)[O-])c2)c1C. The second-order valence-corrected chi connectivity index (χ2v) is 9.66. The van der Waals surface area contributed by atoms with Crippen molar-refractivity contribution in [2.24, 2.45) is 0 Å². The summed E-state index contributed by atoms with van der Waals surface area (Å²) in [5.41, 5.74) is 0.400. The number of aromatic amines is 1. The van der Waals surface area contributed by atoms with E-state index in [0.717, 1.165) is 22.5 Å². The highest BCUT2D eigenvalue weighted by Crippen LogP contribution is 2.30. The number of halogens is 1. The molecule has 1 N–H and O–H groups in total. The molecule has 0 saturated heterocycles. The zero-order valence-electron chi connectivity index (χ0n) is 19.4. The largest absolute Gasteiger partial charge is 0.461 e. The van der Waals surface area contributed by atoms with Crippen molar-refractivity contribution in [2.75, 3.05) is 26.9 Å². The van der Waals surface area contributed by atoms with Crippen LogP contribution in [-0.4, -0.2) is 67.3 Å². The number of hydrogen-bond acceptors (Lipinski definition) is 8. The fourth-order valence-corrected chi connectivity index (χ4v) is 5.28. The van der Waals surface area contributed by atoms with Crippen LogP contribution in [0, 0.1) is 24.0 Å². The number of esters is 1. The van der Waals surface area contributed by atoms with Gasteiger partial charge in [0.05, 0.1) is 29.1 Å². The summed E-state index contributed by atoms with van der Waals surface area (Å²) in [6, 6.07) is 1.87. The average Bonchev–Trinajstić information content (AvgIpc) is 3.07. The summed E-state index contributed by atoms with van der Waals surface area (Å²) < 4.78 is 37.8. The first-order valence-corrected chi connectivity index (χ1v) is 12.0. The molecular formula is C21H26ClN3O8S. The molecule has 186 valence electrons. The third kappa shape index (κ3) is 5.46. The van der Waals surface area contributed by atoms with Crippen molar-refractivity contribution >= 4 is 39.1 Å². The minimum Gasteiger partial charge on any atom is -0.461 e. The first kappa shape index (κ1) is 27.4. The molecule has 2 aromatic rings. The number of nitrogens with zero attached hydrogens (tertiary/aromatic N) is 2. The predicted molar refractivity (Wildman–Crippen MR) is 124 cm³/mol. The molecular weight excluding hydrogens is 490 g/mol. The van der Waals surface area contributed by atoms with Gasteiger partial charge in [0.25, 0.3) is 5.69 Å². The van der Waals surface area contributed by atoms with Gasteiger partial charge in [-0.3, -0.25) is 14.9 Å². The molecule has 11 nitrogen and oxygen atoms in total. The van der Waals surface area contributed by atoms with Crippen molar-refractivity contribution in [1.29, 1.82) is 0 Å². The summed E-state index contributed by atoms with van der Waals surface area (Å²) >= 11 is 5.82. The third-order valence-corrected chi connectivity index (χ3v) is 7.50. The summed E-state index contributed by atoms with van der Waals surface area (Å²) in [4.78, 5) is 38.5. The Labute approximate surface area is 202 Å². The predicted octanol–water partition coefficient (Wildman–Crippen LogP) is 3.28. The maximum atomic E-state index is 13.4. The van der Waals surface area contributed by atoms with Gasteiger partial charge < -0.3 is 14.5 Å². The minimum absolute atomic E-state index is 0.0360. The van der Waals surface area contributed by atoms with Crippen LogP contribution < -0.4 is 0 Å². The number of hydrogen-bond donors (Lipinski definition) is 1. The van der Waals surface area contributed by atoms with Gasteiger partial charge >= 0.3 is 5.97 Å². The number of sulfonamides is 1. The number of ether oxygens (including phenoxy) is 2. The molecule has 1 aromatic heterocycles. The van der Waals surface area contributed by atoms with E-state index < -0.39 is 43.3 Å². The zero-order chi connectivity index (χ0) is 25.8. The van der Waals surface area contributed by atoms with Crippen LogP contribution in [0.15, 0.2) is 23.1 Å². The van der Waals surface area contributed by atoms with E-state index in [2.05, 4.69) is 4.98 Å². The van der Waals surface area contributed by atoms with E-state index >= 15 is 0 Å². The summed E-state index contributed by atoms with van der Waals surface area (Å²) in [5.74, 6) is -1.20. The van der Waals surface area contributed by atoms with Gasteiger partial charge in [-0.05, 0) is 45.4 Å². The Morgan fingerprint density at radius 2 is 1.94 bits per heavy atom. The van der Waals surface area contributed by atoms with Crippen LogP contribution in [0.25, 0.3) is 0 Å². The van der Waals surface area contributed by atoms with Gasteiger partial charge in [-0.25, -0.2) is 13.2 Å². The molecule has 2 rings (SSSR count). The van der Waals surface area contributed by atoms with Gasteiger partial charge in [-0.1, -0.05) is 11.6 Å². The van der Waals surface area contributed by atoms with Gasteiger partial charge in [-0.2, -0.15) is 4.31 Å². The molecule has 0 radical (unpaired) electrons. The lowest BCUT2D eigenvalue weighted by molar-refractivity contribution is -0.384. The average molecular weight is 516 g/mol. The zero-order valence-corrected chi connectivity index (χ0v) is 20.9. The molecule has 0 aliphatic heterocycles. The summed E-state index contributed by atoms with van der Waals surface area (Å²) in [5, 5.41) is 11.0. The number of Topliss-reactive ketones (excluding diaryl/α,β-unsaturated/α-hetero) is 1. The Hall–Kier alpha value is -2.80. The number of ketones is 1. The van der Waals surface area contributed by atoms with E-state index in [0.29, 0.717) is 11.3 Å². The highest BCUT2D eigenvalue weighted by atomic mass is 35.5. The molecule has 0 saturated carbocycles. The molecule has 0 fully saturated rings.